The Morgan fingerprint density at radius 3 is 2.07 bits per heavy atom. The van der Waals surface area contributed by atoms with Gasteiger partial charge in [-0.15, -0.1) is 37.2 Å². The summed E-state index contributed by atoms with van der Waals surface area (Å²) < 4.78 is 0. The number of phenols is 2. The molecule has 1 heterocycles. The van der Waals surface area contributed by atoms with E-state index in [1.54, 1.807) is 24.3 Å². The van der Waals surface area contributed by atoms with Crippen molar-refractivity contribution in [3.8, 4) is 22.6 Å². The van der Waals surface area contributed by atoms with Gasteiger partial charge in [-0.1, -0.05) is 12.1 Å². The molecule has 3 rings (SSSR count). The van der Waals surface area contributed by atoms with Gasteiger partial charge in [-0.2, -0.15) is 0 Å². The summed E-state index contributed by atoms with van der Waals surface area (Å²) in [5, 5.41) is 36.5. The van der Waals surface area contributed by atoms with Crippen LogP contribution in [0.2, 0.25) is 0 Å². The van der Waals surface area contributed by atoms with Crippen molar-refractivity contribution in [3.05, 3.63) is 47.5 Å². The average molecular weight is 638 g/mol. The minimum atomic E-state index is -1.24. The van der Waals surface area contributed by atoms with E-state index in [2.05, 4.69) is 10.6 Å². The van der Waals surface area contributed by atoms with Gasteiger partial charge in [0.2, 0.25) is 17.7 Å². The van der Waals surface area contributed by atoms with E-state index in [1.165, 1.54) is 24.1 Å². The number of phenolic OH excluding ortho intramolecular Hbond substituents is 2. The quantitative estimate of drug-likeness (QED) is 0.205. The number of benzene rings is 2. The summed E-state index contributed by atoms with van der Waals surface area (Å²) in [6, 6.07) is 6.28. The zero-order valence-corrected chi connectivity index (χ0v) is 24.9. The number of likely N-dealkylation sites (N-methyl/N-ethyl adjacent to an activating group) is 1. The van der Waals surface area contributed by atoms with Crippen LogP contribution in [0.5, 0.6) is 11.5 Å². The Bertz CT molecular complexity index is 1190. The third-order valence-corrected chi connectivity index (χ3v) is 6.64. The summed E-state index contributed by atoms with van der Waals surface area (Å²) >= 11 is 0. The molecule has 0 saturated heterocycles. The van der Waals surface area contributed by atoms with Crippen LogP contribution in [0.15, 0.2) is 36.4 Å². The van der Waals surface area contributed by atoms with Crippen LogP contribution in [-0.2, 0) is 27.2 Å². The van der Waals surface area contributed by atoms with E-state index in [9.17, 15) is 29.7 Å². The highest BCUT2D eigenvalue weighted by Crippen LogP contribution is 2.31. The fourth-order valence-electron chi connectivity index (χ4n) is 4.38. The van der Waals surface area contributed by atoms with Gasteiger partial charge in [0, 0.05) is 45.9 Å². The van der Waals surface area contributed by atoms with E-state index >= 15 is 0 Å². The summed E-state index contributed by atoms with van der Waals surface area (Å²) in [5.41, 5.74) is 19.4. The lowest BCUT2D eigenvalue weighted by molar-refractivity contribution is -0.142. The molecule has 41 heavy (non-hydrogen) atoms. The first-order valence-corrected chi connectivity index (χ1v) is 12.4. The summed E-state index contributed by atoms with van der Waals surface area (Å²) in [4.78, 5) is 40.9. The molecule has 15 heteroatoms. The average Bonchev–Trinajstić information content (AvgIpc) is 2.90. The highest BCUT2D eigenvalue weighted by molar-refractivity contribution is 5.93. The Morgan fingerprint density at radius 2 is 1.56 bits per heavy atom. The minimum Gasteiger partial charge on any atom is -0.508 e. The molecular formula is C26H39Cl3N6O6. The van der Waals surface area contributed by atoms with Crippen LogP contribution in [0.3, 0.4) is 0 Å². The molecule has 4 atom stereocenters. The first kappa shape index (κ1) is 38.2. The van der Waals surface area contributed by atoms with Gasteiger partial charge in [0.05, 0.1) is 12.1 Å². The summed E-state index contributed by atoms with van der Waals surface area (Å²) in [6.45, 7) is 0.192. The molecule has 0 unspecified atom stereocenters. The number of halogens is 3. The number of aliphatic hydroxyl groups excluding tert-OH is 1. The molecule has 230 valence electrons. The summed E-state index contributed by atoms with van der Waals surface area (Å²) in [5.74, 6) is -1.96. The lowest BCUT2D eigenvalue weighted by Crippen LogP contribution is -2.58. The number of nitrogens with one attached hydrogen (secondary N) is 2. The van der Waals surface area contributed by atoms with Crippen LogP contribution in [0.1, 0.15) is 17.5 Å². The molecule has 0 radical (unpaired) electrons. The van der Waals surface area contributed by atoms with Gasteiger partial charge in [0.15, 0.2) is 0 Å². The summed E-state index contributed by atoms with van der Waals surface area (Å²) in [7, 11) is 1.41. The van der Waals surface area contributed by atoms with E-state index in [0.717, 1.165) is 0 Å². The molecule has 2 aromatic carbocycles. The lowest BCUT2D eigenvalue weighted by Gasteiger charge is -2.32. The van der Waals surface area contributed by atoms with Gasteiger partial charge < -0.3 is 48.1 Å². The van der Waals surface area contributed by atoms with Crippen molar-refractivity contribution in [1.29, 1.82) is 0 Å². The number of aliphatic hydroxyl groups is 1. The molecule has 0 saturated carbocycles. The Morgan fingerprint density at radius 1 is 1.02 bits per heavy atom. The SMILES string of the molecule is CN1C(=O)[C@H](C[C@@H](O)CN)NC(=O)[C@@H](N)Cc2cc(ccc2O)-c2ccc(O)c(c2)C[C@H]1C(=O)NCCN.Cl.Cl.Cl. The van der Waals surface area contributed by atoms with Crippen LogP contribution >= 0.6 is 37.2 Å². The van der Waals surface area contributed by atoms with Gasteiger partial charge in [-0.05, 0) is 46.5 Å². The Kier molecular flexibility index (Phi) is 16.0. The molecule has 0 spiro atoms. The van der Waals surface area contributed by atoms with Gasteiger partial charge in [0.1, 0.15) is 23.6 Å². The third kappa shape index (κ3) is 9.60. The predicted molar refractivity (Wildman–Crippen MR) is 163 cm³/mol. The number of rotatable bonds is 6. The smallest absolute Gasteiger partial charge is 0.245 e. The zero-order valence-electron chi connectivity index (χ0n) is 22.5. The third-order valence-electron chi connectivity index (χ3n) is 6.64. The van der Waals surface area contributed by atoms with Crippen LogP contribution in [-0.4, -0.2) is 88.9 Å². The molecular weight excluding hydrogens is 599 g/mol. The Hall–Kier alpha value is -2.84. The number of carbonyl (C=O) groups is 3. The number of amides is 3. The lowest BCUT2D eigenvalue weighted by atomic mass is 9.95. The predicted octanol–water partition coefficient (Wildman–Crippen LogP) is -0.447. The van der Waals surface area contributed by atoms with E-state index < -0.39 is 42.0 Å². The van der Waals surface area contributed by atoms with Crippen molar-refractivity contribution in [2.24, 2.45) is 17.2 Å². The number of hydrogen-bond acceptors (Lipinski definition) is 9. The largest absolute Gasteiger partial charge is 0.508 e. The van der Waals surface area contributed by atoms with Crippen molar-refractivity contribution in [2.75, 3.05) is 26.7 Å². The first-order chi connectivity index (χ1) is 18.0. The fourth-order valence-corrected chi connectivity index (χ4v) is 4.38. The van der Waals surface area contributed by atoms with Crippen molar-refractivity contribution in [2.45, 2.75) is 43.5 Å². The fraction of sp³-hybridized carbons (Fsp3) is 0.423. The second-order valence-corrected chi connectivity index (χ2v) is 9.43. The maximum Gasteiger partial charge on any atom is 0.245 e. The summed E-state index contributed by atoms with van der Waals surface area (Å²) in [6.07, 6.45) is -1.40. The molecule has 11 N–H and O–H groups in total. The van der Waals surface area contributed by atoms with Crippen LogP contribution in [0, 0.1) is 0 Å². The number of fused-ring (bicyclic) bond motifs is 5. The number of hydrogen-bond donors (Lipinski definition) is 8. The minimum absolute atomic E-state index is 0. The van der Waals surface area contributed by atoms with E-state index in [1.807, 2.05) is 0 Å². The number of aromatic hydroxyl groups is 2. The molecule has 12 nitrogen and oxygen atoms in total. The van der Waals surface area contributed by atoms with Crippen molar-refractivity contribution in [1.82, 2.24) is 15.5 Å². The van der Waals surface area contributed by atoms with Crippen molar-refractivity contribution >= 4 is 54.9 Å². The van der Waals surface area contributed by atoms with Crippen LogP contribution < -0.4 is 27.8 Å². The Labute approximate surface area is 257 Å². The Balaban J connectivity index is 0.00000533. The van der Waals surface area contributed by atoms with Gasteiger partial charge in [-0.3, -0.25) is 14.4 Å². The second kappa shape index (κ2) is 17.2. The topological polar surface area (TPSA) is 217 Å². The maximum absolute atomic E-state index is 13.6. The molecule has 4 bridgehead atoms. The van der Waals surface area contributed by atoms with Crippen LogP contribution in [0.25, 0.3) is 11.1 Å². The van der Waals surface area contributed by atoms with E-state index in [-0.39, 0.29) is 87.6 Å². The second-order valence-electron chi connectivity index (χ2n) is 9.43. The molecule has 3 amide bonds. The monoisotopic (exact) mass is 636 g/mol. The van der Waals surface area contributed by atoms with Gasteiger partial charge >= 0.3 is 0 Å². The van der Waals surface area contributed by atoms with E-state index in [4.69, 9.17) is 17.2 Å². The highest BCUT2D eigenvalue weighted by atomic mass is 35.5. The maximum atomic E-state index is 13.6. The first-order valence-electron chi connectivity index (χ1n) is 12.4. The van der Waals surface area contributed by atoms with E-state index in [0.29, 0.717) is 22.3 Å². The van der Waals surface area contributed by atoms with Gasteiger partial charge in [-0.25, -0.2) is 0 Å². The van der Waals surface area contributed by atoms with Crippen LogP contribution in [0.4, 0.5) is 0 Å². The normalized spacial score (nSPS) is 19.6. The molecule has 1 aliphatic rings. The standard InChI is InChI=1S/C26H36N6O6.3ClH/c1-32-21(25(37)30-7-6-27)11-17-9-15(3-5-23(17)35)14-2-4-22(34)16(8-14)10-19(29)24(36)31-20(26(32)38)12-18(33)13-28;;;/h2-5,8-9,18-21,33-35H,6-7,10-13,27-29H2,1H3,(H,30,37)(H,31,36);3*1H/t18-,19+,20+,21+;;;/m1.../s1. The highest BCUT2D eigenvalue weighted by Gasteiger charge is 2.34. The van der Waals surface area contributed by atoms with Crippen molar-refractivity contribution in [3.63, 3.8) is 0 Å². The molecule has 2 aromatic rings. The number of nitrogens with two attached hydrogens (primary N) is 3. The van der Waals surface area contributed by atoms with Crippen molar-refractivity contribution < 1.29 is 29.7 Å². The van der Waals surface area contributed by atoms with Gasteiger partial charge in [0.25, 0.3) is 0 Å². The zero-order chi connectivity index (χ0) is 28.0. The number of nitrogens with zero attached hydrogens (tertiary/aromatic N) is 1. The molecule has 0 fully saturated rings. The number of carbonyl (C=O) groups excluding carboxylic acids is 3. The molecule has 1 aliphatic heterocycles. The molecule has 0 aliphatic carbocycles. The molecule has 0 aromatic heterocycles.